The number of nitrogens with zero attached hydrogens (tertiary/aromatic N) is 2. The monoisotopic (exact) mass is 307 g/mol. The molecule has 0 bridgehead atoms. The van der Waals surface area contributed by atoms with Crippen molar-refractivity contribution in [2.45, 2.75) is 32.5 Å². The Kier molecular flexibility index (Phi) is 4.40. The number of carbonyl (C=O) groups is 1. The second-order valence-electron chi connectivity index (χ2n) is 4.97. The molecule has 21 heavy (non-hydrogen) atoms. The van der Waals surface area contributed by atoms with Gasteiger partial charge in [0, 0.05) is 0 Å². The lowest BCUT2D eigenvalue weighted by atomic mass is 10.2. The van der Waals surface area contributed by atoms with Crippen LogP contribution < -0.4 is 5.32 Å². The Bertz CT molecular complexity index is 567. The maximum atomic E-state index is 12.5. The first kappa shape index (κ1) is 16.7. The smallest absolute Gasteiger partial charge is 0.433 e. The van der Waals surface area contributed by atoms with Crippen LogP contribution in [0.2, 0.25) is 0 Å². The predicted molar refractivity (Wildman–Crippen MR) is 65.8 cm³/mol. The molecule has 116 valence electrons. The summed E-state index contributed by atoms with van der Waals surface area (Å²) in [5.74, 6) is 0. The summed E-state index contributed by atoms with van der Waals surface area (Å²) < 4.78 is 42.4. The third-order valence-electron chi connectivity index (χ3n) is 2.01. The van der Waals surface area contributed by atoms with Gasteiger partial charge >= 0.3 is 18.0 Å². The number of hydrogen-bond donors (Lipinski definition) is 1. The van der Waals surface area contributed by atoms with Crippen molar-refractivity contribution in [3.8, 4) is 0 Å². The lowest BCUT2D eigenvalue weighted by molar-refractivity contribution is -0.384. The maximum absolute atomic E-state index is 12.5. The first-order valence-electron chi connectivity index (χ1n) is 5.62. The second kappa shape index (κ2) is 5.54. The van der Waals surface area contributed by atoms with Crippen LogP contribution in [0.3, 0.4) is 0 Å². The van der Waals surface area contributed by atoms with Gasteiger partial charge < -0.3 is 4.74 Å². The molecule has 0 aromatic carbocycles. The fourth-order valence-corrected chi connectivity index (χ4v) is 1.26. The molecule has 0 saturated heterocycles. The summed E-state index contributed by atoms with van der Waals surface area (Å²) in [4.78, 5) is 24.2. The summed E-state index contributed by atoms with van der Waals surface area (Å²) in [6, 6.07) is 0.377. The molecule has 1 aromatic heterocycles. The van der Waals surface area contributed by atoms with E-state index in [1.165, 1.54) is 20.8 Å². The van der Waals surface area contributed by atoms with Crippen LogP contribution >= 0.6 is 0 Å². The van der Waals surface area contributed by atoms with Gasteiger partial charge in [-0.1, -0.05) is 0 Å². The van der Waals surface area contributed by atoms with E-state index in [4.69, 9.17) is 4.74 Å². The molecular formula is C11H12F3N3O4. The molecule has 0 aliphatic rings. The average molecular weight is 307 g/mol. The minimum Gasteiger partial charge on any atom is -0.444 e. The van der Waals surface area contributed by atoms with Gasteiger partial charge in [0.15, 0.2) is 0 Å². The Morgan fingerprint density at radius 2 is 1.95 bits per heavy atom. The number of anilines is 1. The number of alkyl halides is 3. The van der Waals surface area contributed by atoms with E-state index in [-0.39, 0.29) is 0 Å². The standard InChI is InChI=1S/C11H12F3N3O4/c1-10(2,3)21-9(18)16-6-4-8(11(12,13)14)15-5-7(6)17(19)20/h4-5H,1-3H3,(H,15,16,18). The molecule has 1 heterocycles. The fourth-order valence-electron chi connectivity index (χ4n) is 1.26. The maximum Gasteiger partial charge on any atom is 0.433 e. The Hall–Kier alpha value is -2.39. The summed E-state index contributed by atoms with van der Waals surface area (Å²) in [6.07, 6.45) is -5.47. The van der Waals surface area contributed by atoms with Crippen LogP contribution in [0, 0.1) is 10.1 Å². The molecule has 0 saturated carbocycles. The van der Waals surface area contributed by atoms with Crippen LogP contribution in [0.4, 0.5) is 29.3 Å². The SMILES string of the molecule is CC(C)(C)OC(=O)Nc1cc(C(F)(F)F)ncc1[N+](=O)[O-]. The number of ether oxygens (including phenoxy) is 1. The Morgan fingerprint density at radius 1 is 1.38 bits per heavy atom. The Morgan fingerprint density at radius 3 is 2.38 bits per heavy atom. The Balaban J connectivity index is 3.13. The van der Waals surface area contributed by atoms with Gasteiger partial charge in [-0.2, -0.15) is 13.2 Å². The summed E-state index contributed by atoms with van der Waals surface area (Å²) in [7, 11) is 0. The minimum atomic E-state index is -4.79. The van der Waals surface area contributed by atoms with Gasteiger partial charge in [-0.25, -0.2) is 9.78 Å². The average Bonchev–Trinajstić information content (AvgIpc) is 2.24. The molecule has 7 nitrogen and oxygen atoms in total. The van der Waals surface area contributed by atoms with Crippen molar-refractivity contribution >= 4 is 17.5 Å². The molecule has 1 aromatic rings. The van der Waals surface area contributed by atoms with E-state index in [1.54, 1.807) is 0 Å². The van der Waals surface area contributed by atoms with Crippen LogP contribution in [0.5, 0.6) is 0 Å². The topological polar surface area (TPSA) is 94.4 Å². The predicted octanol–water partition coefficient (Wildman–Crippen LogP) is 3.36. The highest BCUT2D eigenvalue weighted by molar-refractivity contribution is 5.88. The minimum absolute atomic E-state index is 0.377. The van der Waals surface area contributed by atoms with Crippen LogP contribution in [0.25, 0.3) is 0 Å². The van der Waals surface area contributed by atoms with Gasteiger partial charge in [-0.15, -0.1) is 0 Å². The van der Waals surface area contributed by atoms with E-state index < -0.39 is 39.9 Å². The normalized spacial score (nSPS) is 11.9. The van der Waals surface area contributed by atoms with E-state index >= 15 is 0 Å². The number of aromatic nitrogens is 1. The fraction of sp³-hybridized carbons (Fsp3) is 0.455. The van der Waals surface area contributed by atoms with Gasteiger partial charge in [0.25, 0.3) is 0 Å². The number of nitrogens with one attached hydrogen (secondary N) is 1. The zero-order valence-corrected chi connectivity index (χ0v) is 11.3. The van der Waals surface area contributed by atoms with E-state index in [0.29, 0.717) is 12.3 Å². The van der Waals surface area contributed by atoms with Crippen molar-refractivity contribution in [2.75, 3.05) is 5.32 Å². The molecule has 10 heteroatoms. The van der Waals surface area contributed by atoms with Crippen LogP contribution in [-0.2, 0) is 10.9 Å². The molecule has 1 amide bonds. The zero-order chi connectivity index (χ0) is 16.4. The van der Waals surface area contributed by atoms with Crippen molar-refractivity contribution in [3.63, 3.8) is 0 Å². The van der Waals surface area contributed by atoms with Crippen molar-refractivity contribution < 1.29 is 27.6 Å². The molecule has 0 spiro atoms. The van der Waals surface area contributed by atoms with E-state index in [0.717, 1.165) is 0 Å². The summed E-state index contributed by atoms with van der Waals surface area (Å²) in [6.45, 7) is 4.61. The van der Waals surface area contributed by atoms with Gasteiger partial charge in [-0.05, 0) is 26.8 Å². The summed E-state index contributed by atoms with van der Waals surface area (Å²) in [5, 5.41) is 12.7. The molecule has 0 aliphatic heterocycles. The first-order valence-corrected chi connectivity index (χ1v) is 5.62. The molecule has 0 aliphatic carbocycles. The van der Waals surface area contributed by atoms with E-state index in [9.17, 15) is 28.1 Å². The largest absolute Gasteiger partial charge is 0.444 e. The number of rotatable bonds is 2. The number of hydrogen-bond acceptors (Lipinski definition) is 5. The highest BCUT2D eigenvalue weighted by Crippen LogP contribution is 2.33. The number of carbonyl (C=O) groups excluding carboxylic acids is 1. The molecule has 0 radical (unpaired) electrons. The quantitative estimate of drug-likeness (QED) is 0.668. The molecule has 0 atom stereocenters. The third-order valence-corrected chi connectivity index (χ3v) is 2.01. The number of pyridine rings is 1. The molecule has 1 N–H and O–H groups in total. The first-order chi connectivity index (χ1) is 9.40. The van der Waals surface area contributed by atoms with Crippen LogP contribution in [0.1, 0.15) is 26.5 Å². The van der Waals surface area contributed by atoms with E-state index in [2.05, 4.69) is 4.98 Å². The number of halogens is 3. The van der Waals surface area contributed by atoms with Crippen molar-refractivity contribution in [2.24, 2.45) is 0 Å². The number of nitro groups is 1. The Labute approximate surface area is 117 Å². The molecule has 0 unspecified atom stereocenters. The van der Waals surface area contributed by atoms with Crippen molar-refractivity contribution in [3.05, 3.63) is 28.1 Å². The van der Waals surface area contributed by atoms with Crippen LogP contribution in [0.15, 0.2) is 12.3 Å². The number of amides is 1. The summed E-state index contributed by atoms with van der Waals surface area (Å²) in [5.41, 5.74) is -3.68. The second-order valence-corrected chi connectivity index (χ2v) is 4.97. The zero-order valence-electron chi connectivity index (χ0n) is 11.3. The van der Waals surface area contributed by atoms with Gasteiger partial charge in [0.2, 0.25) is 0 Å². The van der Waals surface area contributed by atoms with Crippen LogP contribution in [-0.4, -0.2) is 21.6 Å². The highest BCUT2D eigenvalue weighted by Gasteiger charge is 2.34. The molecular weight excluding hydrogens is 295 g/mol. The highest BCUT2D eigenvalue weighted by atomic mass is 19.4. The van der Waals surface area contributed by atoms with E-state index in [1.807, 2.05) is 5.32 Å². The third kappa shape index (κ3) is 4.89. The lowest BCUT2D eigenvalue weighted by Crippen LogP contribution is -2.27. The van der Waals surface area contributed by atoms with Crippen molar-refractivity contribution in [1.29, 1.82) is 0 Å². The summed E-state index contributed by atoms with van der Waals surface area (Å²) >= 11 is 0. The van der Waals surface area contributed by atoms with Gasteiger partial charge in [-0.3, -0.25) is 15.4 Å². The van der Waals surface area contributed by atoms with Gasteiger partial charge in [0.05, 0.1) is 4.92 Å². The lowest BCUT2D eigenvalue weighted by Gasteiger charge is -2.19. The molecule has 0 fully saturated rings. The van der Waals surface area contributed by atoms with Gasteiger partial charge in [0.1, 0.15) is 23.2 Å². The molecule has 1 rings (SSSR count). The van der Waals surface area contributed by atoms with Crippen molar-refractivity contribution in [1.82, 2.24) is 4.98 Å².